The number of aromatic nitrogens is 4. The fourth-order valence-electron chi connectivity index (χ4n) is 1.58. The summed E-state index contributed by atoms with van der Waals surface area (Å²) in [6.07, 6.45) is 1.47. The topological polar surface area (TPSA) is 111 Å². The SMILES string of the molecule is CC(C)NC(=O)NC(=O)COc1ccc(-n2cnnn2)cc1. The summed E-state index contributed by atoms with van der Waals surface area (Å²) in [4.78, 5) is 22.9. The fourth-order valence-corrected chi connectivity index (χ4v) is 1.58. The van der Waals surface area contributed by atoms with E-state index in [9.17, 15) is 9.59 Å². The van der Waals surface area contributed by atoms with Crippen LogP contribution in [0.15, 0.2) is 30.6 Å². The van der Waals surface area contributed by atoms with Gasteiger partial charge in [-0.15, -0.1) is 5.10 Å². The van der Waals surface area contributed by atoms with Gasteiger partial charge < -0.3 is 10.1 Å². The van der Waals surface area contributed by atoms with Crippen LogP contribution in [0.5, 0.6) is 5.75 Å². The molecular weight excluding hydrogens is 288 g/mol. The summed E-state index contributed by atoms with van der Waals surface area (Å²) in [5.41, 5.74) is 0.762. The third kappa shape index (κ3) is 4.54. The molecular formula is C13H16N6O3. The van der Waals surface area contributed by atoms with E-state index in [1.807, 2.05) is 0 Å². The van der Waals surface area contributed by atoms with Crippen LogP contribution in [0.3, 0.4) is 0 Å². The number of carbonyl (C=O) groups excluding carboxylic acids is 2. The first-order chi connectivity index (χ1) is 10.5. The smallest absolute Gasteiger partial charge is 0.321 e. The molecule has 3 amide bonds. The van der Waals surface area contributed by atoms with E-state index in [2.05, 4.69) is 26.2 Å². The maximum absolute atomic E-state index is 11.5. The minimum Gasteiger partial charge on any atom is -0.484 e. The average molecular weight is 304 g/mol. The number of ether oxygens (including phenoxy) is 1. The minimum absolute atomic E-state index is 0.0486. The zero-order valence-electron chi connectivity index (χ0n) is 12.2. The molecule has 0 saturated carbocycles. The van der Waals surface area contributed by atoms with Crippen LogP contribution >= 0.6 is 0 Å². The molecule has 116 valence electrons. The van der Waals surface area contributed by atoms with E-state index < -0.39 is 11.9 Å². The normalized spacial score (nSPS) is 10.3. The lowest BCUT2D eigenvalue weighted by Crippen LogP contribution is -2.44. The zero-order chi connectivity index (χ0) is 15.9. The molecule has 0 aliphatic rings. The number of hydrogen-bond donors (Lipinski definition) is 2. The first kappa shape index (κ1) is 15.4. The van der Waals surface area contributed by atoms with Crippen molar-refractivity contribution in [3.63, 3.8) is 0 Å². The number of tetrazole rings is 1. The lowest BCUT2D eigenvalue weighted by Gasteiger charge is -2.10. The van der Waals surface area contributed by atoms with Crippen LogP contribution in [0.2, 0.25) is 0 Å². The summed E-state index contributed by atoms with van der Waals surface area (Å²) in [5, 5.41) is 15.5. The zero-order valence-corrected chi connectivity index (χ0v) is 12.2. The Kier molecular flexibility index (Phi) is 5.02. The van der Waals surface area contributed by atoms with Crippen molar-refractivity contribution in [1.82, 2.24) is 30.8 Å². The number of carbonyl (C=O) groups is 2. The molecule has 0 aliphatic heterocycles. The van der Waals surface area contributed by atoms with Gasteiger partial charge in [0, 0.05) is 6.04 Å². The van der Waals surface area contributed by atoms with Gasteiger partial charge in [0.1, 0.15) is 12.1 Å². The highest BCUT2D eigenvalue weighted by molar-refractivity contribution is 5.95. The molecule has 0 atom stereocenters. The van der Waals surface area contributed by atoms with Gasteiger partial charge in [-0.25, -0.2) is 9.48 Å². The highest BCUT2D eigenvalue weighted by Crippen LogP contribution is 2.13. The van der Waals surface area contributed by atoms with Crippen molar-refractivity contribution in [3.05, 3.63) is 30.6 Å². The predicted molar refractivity (Wildman–Crippen MR) is 76.5 cm³/mol. The van der Waals surface area contributed by atoms with Gasteiger partial charge >= 0.3 is 6.03 Å². The second kappa shape index (κ2) is 7.16. The lowest BCUT2D eigenvalue weighted by atomic mass is 10.3. The standard InChI is InChI=1S/C13H16N6O3/c1-9(2)15-13(21)16-12(20)7-22-11-5-3-10(4-6-11)19-8-14-17-18-19/h3-6,8-9H,7H2,1-2H3,(H2,15,16,20,21). The van der Waals surface area contributed by atoms with Gasteiger partial charge in [0.2, 0.25) is 0 Å². The summed E-state index contributed by atoms with van der Waals surface area (Å²) in [6.45, 7) is 3.34. The molecule has 0 bridgehead atoms. The third-order valence-corrected chi connectivity index (χ3v) is 2.49. The third-order valence-electron chi connectivity index (χ3n) is 2.49. The van der Waals surface area contributed by atoms with Gasteiger partial charge in [0.25, 0.3) is 5.91 Å². The van der Waals surface area contributed by atoms with E-state index in [0.717, 1.165) is 5.69 Å². The molecule has 0 aliphatic carbocycles. The van der Waals surface area contributed by atoms with Crippen LogP contribution in [-0.4, -0.2) is 44.8 Å². The number of hydrogen-bond acceptors (Lipinski definition) is 6. The maximum Gasteiger partial charge on any atom is 0.321 e. The molecule has 0 unspecified atom stereocenters. The molecule has 1 aromatic heterocycles. The molecule has 22 heavy (non-hydrogen) atoms. The van der Waals surface area contributed by atoms with Crippen LogP contribution in [0.25, 0.3) is 5.69 Å². The van der Waals surface area contributed by atoms with Gasteiger partial charge in [-0.1, -0.05) is 0 Å². The van der Waals surface area contributed by atoms with Gasteiger partial charge in [-0.05, 0) is 48.5 Å². The van der Waals surface area contributed by atoms with Crippen molar-refractivity contribution in [2.24, 2.45) is 0 Å². The number of nitrogens with zero attached hydrogens (tertiary/aromatic N) is 4. The number of amides is 3. The Labute approximate surface area is 126 Å². The van der Waals surface area contributed by atoms with Gasteiger partial charge in [0.15, 0.2) is 6.61 Å². The van der Waals surface area contributed by atoms with E-state index in [1.165, 1.54) is 11.0 Å². The second-order valence-electron chi connectivity index (χ2n) is 4.71. The molecule has 2 N–H and O–H groups in total. The number of urea groups is 1. The summed E-state index contributed by atoms with van der Waals surface area (Å²) in [7, 11) is 0. The Morgan fingerprint density at radius 3 is 2.59 bits per heavy atom. The van der Waals surface area contributed by atoms with Crippen LogP contribution in [0.1, 0.15) is 13.8 Å². The Hall–Kier alpha value is -2.97. The van der Waals surface area contributed by atoms with Crippen molar-refractivity contribution in [1.29, 1.82) is 0 Å². The summed E-state index contributed by atoms with van der Waals surface area (Å²) >= 11 is 0. The number of benzene rings is 1. The summed E-state index contributed by atoms with van der Waals surface area (Å²) in [6, 6.07) is 6.26. The van der Waals surface area contributed by atoms with Crippen LogP contribution < -0.4 is 15.4 Å². The van der Waals surface area contributed by atoms with Gasteiger partial charge in [-0.3, -0.25) is 10.1 Å². The van der Waals surface area contributed by atoms with Crippen molar-refractivity contribution in [2.75, 3.05) is 6.61 Å². The van der Waals surface area contributed by atoms with Crippen LogP contribution in [-0.2, 0) is 4.79 Å². The lowest BCUT2D eigenvalue weighted by molar-refractivity contribution is -0.122. The Morgan fingerprint density at radius 1 is 1.27 bits per heavy atom. The van der Waals surface area contributed by atoms with Crippen LogP contribution in [0, 0.1) is 0 Å². The van der Waals surface area contributed by atoms with E-state index in [4.69, 9.17) is 4.74 Å². The minimum atomic E-state index is -0.544. The molecule has 2 aromatic rings. The predicted octanol–water partition coefficient (Wildman–Crippen LogP) is 0.275. The molecule has 0 radical (unpaired) electrons. The van der Waals surface area contributed by atoms with Crippen LogP contribution in [0.4, 0.5) is 4.79 Å². The Morgan fingerprint density at radius 2 is 2.00 bits per heavy atom. The average Bonchev–Trinajstić information content (AvgIpc) is 2.99. The molecule has 9 nitrogen and oxygen atoms in total. The highest BCUT2D eigenvalue weighted by atomic mass is 16.5. The molecule has 2 rings (SSSR count). The number of imide groups is 1. The quantitative estimate of drug-likeness (QED) is 0.820. The van der Waals surface area contributed by atoms with E-state index in [1.54, 1.807) is 38.1 Å². The van der Waals surface area contributed by atoms with Gasteiger partial charge in [-0.2, -0.15) is 0 Å². The Balaban J connectivity index is 1.82. The number of nitrogens with one attached hydrogen (secondary N) is 2. The fraction of sp³-hybridized carbons (Fsp3) is 0.308. The monoisotopic (exact) mass is 304 g/mol. The van der Waals surface area contributed by atoms with E-state index in [0.29, 0.717) is 5.75 Å². The molecule has 0 saturated heterocycles. The van der Waals surface area contributed by atoms with E-state index >= 15 is 0 Å². The molecule has 1 heterocycles. The largest absolute Gasteiger partial charge is 0.484 e. The van der Waals surface area contributed by atoms with E-state index in [-0.39, 0.29) is 12.6 Å². The molecule has 9 heteroatoms. The summed E-state index contributed by atoms with van der Waals surface area (Å²) < 4.78 is 6.79. The first-order valence-electron chi connectivity index (χ1n) is 6.61. The van der Waals surface area contributed by atoms with Crippen molar-refractivity contribution >= 4 is 11.9 Å². The second-order valence-corrected chi connectivity index (χ2v) is 4.71. The Bertz CT molecular complexity index is 624. The van der Waals surface area contributed by atoms with Gasteiger partial charge in [0.05, 0.1) is 5.69 Å². The highest BCUT2D eigenvalue weighted by Gasteiger charge is 2.09. The van der Waals surface area contributed by atoms with Crippen molar-refractivity contribution in [3.8, 4) is 11.4 Å². The number of rotatable bonds is 5. The first-order valence-corrected chi connectivity index (χ1v) is 6.61. The maximum atomic E-state index is 11.5. The molecule has 0 spiro atoms. The molecule has 0 fully saturated rings. The summed E-state index contributed by atoms with van der Waals surface area (Å²) in [5.74, 6) is -0.0288. The van der Waals surface area contributed by atoms with Crippen molar-refractivity contribution in [2.45, 2.75) is 19.9 Å². The van der Waals surface area contributed by atoms with Crippen molar-refractivity contribution < 1.29 is 14.3 Å². The molecule has 1 aromatic carbocycles.